The van der Waals surface area contributed by atoms with E-state index in [0.29, 0.717) is 0 Å². The summed E-state index contributed by atoms with van der Waals surface area (Å²) in [5.41, 5.74) is 4.59. The molecule has 0 saturated carbocycles. The Morgan fingerprint density at radius 3 is 2.57 bits per heavy atom. The van der Waals surface area contributed by atoms with Crippen molar-refractivity contribution in [2.75, 3.05) is 20.8 Å². The van der Waals surface area contributed by atoms with Crippen LogP contribution in [0.1, 0.15) is 5.56 Å². The summed E-state index contributed by atoms with van der Waals surface area (Å²) in [6, 6.07) is 14.3. The molecule has 0 saturated heterocycles. The molecule has 0 aliphatic carbocycles. The van der Waals surface area contributed by atoms with Gasteiger partial charge in [0.1, 0.15) is 0 Å². The Balaban J connectivity index is 2.14. The summed E-state index contributed by atoms with van der Waals surface area (Å²) in [4.78, 5) is 3.53. The lowest BCUT2D eigenvalue weighted by molar-refractivity contribution is 0.355. The highest BCUT2D eigenvalue weighted by Gasteiger charge is 2.14. The number of hydrogen-bond donors (Lipinski definition) is 3. The van der Waals surface area contributed by atoms with Crippen LogP contribution in [0.3, 0.4) is 0 Å². The van der Waals surface area contributed by atoms with E-state index in [1.54, 1.807) is 14.2 Å². The molecule has 0 radical (unpaired) electrons. The summed E-state index contributed by atoms with van der Waals surface area (Å²) in [5.74, 6) is 1.45. The number of fused-ring (bicyclic) bond motifs is 1. The van der Waals surface area contributed by atoms with Gasteiger partial charge in [-0.2, -0.15) is 0 Å². The average molecular weight is 328 g/mol. The molecule has 4 nitrogen and oxygen atoms in total. The van der Waals surface area contributed by atoms with Gasteiger partial charge in [-0.3, -0.25) is 4.72 Å². The van der Waals surface area contributed by atoms with E-state index < -0.39 is 0 Å². The number of benzene rings is 2. The summed E-state index contributed by atoms with van der Waals surface area (Å²) in [5, 5.41) is 1.24. The van der Waals surface area contributed by atoms with E-state index in [1.807, 2.05) is 24.3 Å². The number of aromatic amines is 1. The van der Waals surface area contributed by atoms with Crippen LogP contribution in [0.15, 0.2) is 42.5 Å². The van der Waals surface area contributed by atoms with Crippen molar-refractivity contribution in [3.05, 3.63) is 48.0 Å². The van der Waals surface area contributed by atoms with E-state index >= 15 is 0 Å². The normalized spacial score (nSPS) is 10.9. The zero-order chi connectivity index (χ0) is 16.2. The molecule has 5 heteroatoms. The highest BCUT2D eigenvalue weighted by molar-refractivity contribution is 7.78. The molecule has 0 aliphatic heterocycles. The zero-order valence-electron chi connectivity index (χ0n) is 13.2. The molecule has 23 heavy (non-hydrogen) atoms. The second-order valence-electron chi connectivity index (χ2n) is 5.25. The summed E-state index contributed by atoms with van der Waals surface area (Å²) < 4.78 is 13.7. The van der Waals surface area contributed by atoms with Gasteiger partial charge in [-0.25, -0.2) is 0 Å². The number of rotatable bonds is 6. The van der Waals surface area contributed by atoms with Crippen molar-refractivity contribution < 1.29 is 9.47 Å². The Hall–Kier alpha value is -2.11. The predicted octanol–water partition coefficient (Wildman–Crippen LogP) is 3.83. The SMILES string of the molecule is COc1ccc(-c2[nH]c3ccccc3c2CCNS)cc1OC. The van der Waals surface area contributed by atoms with Crippen molar-refractivity contribution in [2.24, 2.45) is 0 Å². The number of ether oxygens (including phenoxy) is 2. The Bertz CT molecular complexity index is 814. The van der Waals surface area contributed by atoms with Gasteiger partial charge in [-0.15, -0.1) is 0 Å². The van der Waals surface area contributed by atoms with Crippen LogP contribution < -0.4 is 14.2 Å². The lowest BCUT2D eigenvalue weighted by Gasteiger charge is -2.10. The van der Waals surface area contributed by atoms with Gasteiger partial charge in [0.2, 0.25) is 0 Å². The van der Waals surface area contributed by atoms with Crippen molar-refractivity contribution in [1.82, 2.24) is 9.71 Å². The number of H-pyrrole nitrogens is 1. The number of para-hydroxylation sites is 1. The number of aromatic nitrogens is 1. The quantitative estimate of drug-likeness (QED) is 0.603. The summed E-state index contributed by atoms with van der Waals surface area (Å²) >= 11 is 4.11. The first-order valence-electron chi connectivity index (χ1n) is 7.47. The van der Waals surface area contributed by atoms with E-state index in [4.69, 9.17) is 9.47 Å². The van der Waals surface area contributed by atoms with Crippen LogP contribution in [0.25, 0.3) is 22.2 Å². The van der Waals surface area contributed by atoms with Crippen molar-refractivity contribution in [2.45, 2.75) is 6.42 Å². The highest BCUT2D eigenvalue weighted by atomic mass is 32.1. The largest absolute Gasteiger partial charge is 0.493 e. The summed E-state index contributed by atoms with van der Waals surface area (Å²) in [6.07, 6.45) is 0.886. The maximum Gasteiger partial charge on any atom is 0.161 e. The zero-order valence-corrected chi connectivity index (χ0v) is 14.1. The van der Waals surface area contributed by atoms with Crippen LogP contribution in [-0.2, 0) is 6.42 Å². The lowest BCUT2D eigenvalue weighted by Crippen LogP contribution is -2.05. The molecule has 2 N–H and O–H groups in total. The monoisotopic (exact) mass is 328 g/mol. The molecule has 120 valence electrons. The van der Waals surface area contributed by atoms with Crippen molar-refractivity contribution in [3.63, 3.8) is 0 Å². The van der Waals surface area contributed by atoms with Crippen molar-refractivity contribution in [3.8, 4) is 22.8 Å². The number of nitrogens with one attached hydrogen (secondary N) is 2. The Labute approximate surface area is 141 Å². The third-order valence-corrected chi connectivity index (χ3v) is 4.20. The first-order chi connectivity index (χ1) is 11.3. The first-order valence-corrected chi connectivity index (χ1v) is 7.92. The smallest absolute Gasteiger partial charge is 0.161 e. The number of methoxy groups -OCH3 is 2. The Kier molecular flexibility index (Phi) is 4.79. The molecule has 1 aromatic heterocycles. The Morgan fingerprint density at radius 1 is 1.04 bits per heavy atom. The van der Waals surface area contributed by atoms with Crippen LogP contribution in [0, 0.1) is 0 Å². The van der Waals surface area contributed by atoms with E-state index in [-0.39, 0.29) is 0 Å². The Morgan fingerprint density at radius 2 is 1.83 bits per heavy atom. The van der Waals surface area contributed by atoms with E-state index in [9.17, 15) is 0 Å². The molecule has 1 heterocycles. The van der Waals surface area contributed by atoms with Gasteiger partial charge >= 0.3 is 0 Å². The fourth-order valence-electron chi connectivity index (χ4n) is 2.88. The second kappa shape index (κ2) is 6.98. The lowest BCUT2D eigenvalue weighted by atomic mass is 10.0. The molecule has 0 unspecified atom stereocenters. The van der Waals surface area contributed by atoms with Gasteiger partial charge in [0.05, 0.1) is 14.2 Å². The molecule has 0 bridgehead atoms. The minimum absolute atomic E-state index is 0.724. The third kappa shape index (κ3) is 3.02. The van der Waals surface area contributed by atoms with Crippen LogP contribution in [0.2, 0.25) is 0 Å². The summed E-state index contributed by atoms with van der Waals surface area (Å²) in [7, 11) is 3.29. The molecular weight excluding hydrogens is 308 g/mol. The summed E-state index contributed by atoms with van der Waals surface area (Å²) in [6.45, 7) is 0.797. The second-order valence-corrected chi connectivity index (χ2v) is 5.57. The van der Waals surface area contributed by atoms with E-state index in [0.717, 1.165) is 41.2 Å². The fraction of sp³-hybridized carbons (Fsp3) is 0.222. The van der Waals surface area contributed by atoms with Crippen LogP contribution in [0.4, 0.5) is 0 Å². The first kappa shape index (κ1) is 15.8. The topological polar surface area (TPSA) is 46.3 Å². The van der Waals surface area contributed by atoms with E-state index in [2.05, 4.69) is 40.7 Å². The average Bonchev–Trinajstić information content (AvgIpc) is 2.97. The molecule has 0 spiro atoms. The van der Waals surface area contributed by atoms with Crippen LogP contribution in [0.5, 0.6) is 11.5 Å². The fourth-order valence-corrected chi connectivity index (χ4v) is 2.99. The molecule has 0 fully saturated rings. The number of hydrogen-bond acceptors (Lipinski definition) is 4. The van der Waals surface area contributed by atoms with Crippen molar-refractivity contribution in [1.29, 1.82) is 0 Å². The molecular formula is C18H20N2O2S. The van der Waals surface area contributed by atoms with Gasteiger partial charge in [-0.05, 0) is 36.2 Å². The van der Waals surface area contributed by atoms with Gasteiger partial charge in [0.15, 0.2) is 11.5 Å². The molecule has 3 aromatic rings. The predicted molar refractivity (Wildman–Crippen MR) is 97.5 cm³/mol. The standard InChI is InChI=1S/C18H20N2O2S/c1-21-16-8-7-12(11-17(16)22-2)18-14(9-10-19-23)13-5-3-4-6-15(13)20-18/h3-8,11,19-20,23H,9-10H2,1-2H3. The molecule has 0 amide bonds. The third-order valence-electron chi connectivity index (χ3n) is 3.97. The van der Waals surface area contributed by atoms with Gasteiger partial charge < -0.3 is 14.5 Å². The van der Waals surface area contributed by atoms with Crippen LogP contribution in [-0.4, -0.2) is 25.7 Å². The highest BCUT2D eigenvalue weighted by Crippen LogP contribution is 2.36. The van der Waals surface area contributed by atoms with Crippen molar-refractivity contribution >= 4 is 23.7 Å². The maximum absolute atomic E-state index is 5.43. The molecule has 2 aromatic carbocycles. The van der Waals surface area contributed by atoms with Gasteiger partial charge in [0, 0.05) is 28.7 Å². The molecule has 3 rings (SSSR count). The van der Waals surface area contributed by atoms with Crippen LogP contribution >= 0.6 is 12.8 Å². The minimum atomic E-state index is 0.724. The van der Waals surface area contributed by atoms with Gasteiger partial charge in [-0.1, -0.05) is 31.0 Å². The number of thiol groups is 1. The van der Waals surface area contributed by atoms with Gasteiger partial charge in [0.25, 0.3) is 0 Å². The molecule has 0 aliphatic rings. The maximum atomic E-state index is 5.43. The molecule has 0 atom stereocenters. The minimum Gasteiger partial charge on any atom is -0.493 e. The van der Waals surface area contributed by atoms with E-state index in [1.165, 1.54) is 10.9 Å².